The smallest absolute Gasteiger partial charge is 0.478 e. The van der Waals surface area contributed by atoms with Crippen LogP contribution in [0, 0.1) is 6.92 Å². The van der Waals surface area contributed by atoms with Gasteiger partial charge in [-0.15, -0.1) is 13.2 Å². The summed E-state index contributed by atoms with van der Waals surface area (Å²) in [6, 6.07) is 10.8. The Morgan fingerprint density at radius 2 is 1.65 bits per heavy atom. The number of carboxylic acids is 1. The zero-order chi connectivity index (χ0) is 17.0. The van der Waals surface area contributed by atoms with Crippen molar-refractivity contribution in [3.8, 4) is 5.75 Å². The third-order valence-corrected chi connectivity index (χ3v) is 3.54. The van der Waals surface area contributed by atoms with Gasteiger partial charge in [0.05, 0.1) is 5.56 Å². The van der Waals surface area contributed by atoms with Crippen LogP contribution in [0.25, 0.3) is 0 Å². The molecule has 0 heterocycles. The Kier molecular flexibility index (Phi) is 4.93. The molecule has 122 valence electrons. The Bertz CT molecular complexity index is 708. The monoisotopic (exact) mass is 324 g/mol. The first-order valence-electron chi connectivity index (χ1n) is 6.93. The maximum absolute atomic E-state index is 12.4. The number of hydrogen-bond donors (Lipinski definition) is 1. The average Bonchev–Trinajstić information content (AvgIpc) is 2.45. The number of halogens is 3. The molecule has 0 spiro atoms. The van der Waals surface area contributed by atoms with Gasteiger partial charge in [0, 0.05) is 0 Å². The summed E-state index contributed by atoms with van der Waals surface area (Å²) in [5.74, 6) is -1.25. The van der Waals surface area contributed by atoms with E-state index in [4.69, 9.17) is 5.11 Å². The molecule has 6 heteroatoms. The first kappa shape index (κ1) is 16.9. The highest BCUT2D eigenvalue weighted by molar-refractivity contribution is 5.89. The van der Waals surface area contributed by atoms with Crippen LogP contribution in [0.4, 0.5) is 13.2 Å². The number of benzene rings is 2. The van der Waals surface area contributed by atoms with Crippen LogP contribution in [-0.2, 0) is 12.8 Å². The first-order chi connectivity index (χ1) is 10.8. The second kappa shape index (κ2) is 6.73. The summed E-state index contributed by atoms with van der Waals surface area (Å²) in [4.78, 5) is 11.1. The first-order valence-corrected chi connectivity index (χ1v) is 6.93. The molecule has 2 aromatic rings. The quantitative estimate of drug-likeness (QED) is 0.888. The van der Waals surface area contributed by atoms with Gasteiger partial charge in [0.2, 0.25) is 0 Å². The van der Waals surface area contributed by atoms with Gasteiger partial charge >= 0.3 is 12.3 Å². The standard InChI is InChI=1S/C17H15F3O3/c1-11-12(6-4-7-14(11)16(21)22)9-10-13-5-2-3-8-15(13)23-17(18,19)20/h2-8H,9-10H2,1H3,(H,21,22). The van der Waals surface area contributed by atoms with E-state index in [0.717, 1.165) is 5.56 Å². The number of rotatable bonds is 5. The molecule has 1 N–H and O–H groups in total. The van der Waals surface area contributed by atoms with Gasteiger partial charge in [-0.05, 0) is 48.6 Å². The van der Waals surface area contributed by atoms with Crippen molar-refractivity contribution >= 4 is 5.97 Å². The Labute approximate surface area is 131 Å². The van der Waals surface area contributed by atoms with Crippen LogP contribution in [0.5, 0.6) is 5.75 Å². The lowest BCUT2D eigenvalue weighted by Gasteiger charge is -2.14. The molecule has 3 nitrogen and oxygen atoms in total. The lowest BCUT2D eigenvalue weighted by atomic mass is 9.96. The number of hydrogen-bond acceptors (Lipinski definition) is 2. The fraction of sp³-hybridized carbons (Fsp3) is 0.235. The summed E-state index contributed by atoms with van der Waals surface area (Å²) in [7, 11) is 0. The highest BCUT2D eigenvalue weighted by atomic mass is 19.4. The van der Waals surface area contributed by atoms with E-state index in [1.807, 2.05) is 0 Å². The van der Waals surface area contributed by atoms with E-state index in [9.17, 15) is 18.0 Å². The number of aryl methyl sites for hydroxylation is 2. The van der Waals surface area contributed by atoms with Crippen molar-refractivity contribution in [2.24, 2.45) is 0 Å². The van der Waals surface area contributed by atoms with Crippen LogP contribution in [0.15, 0.2) is 42.5 Å². The van der Waals surface area contributed by atoms with Crippen LogP contribution in [0.2, 0.25) is 0 Å². The molecule has 0 atom stereocenters. The molecule has 0 amide bonds. The molecule has 0 saturated heterocycles. The van der Waals surface area contributed by atoms with Crippen molar-refractivity contribution in [3.63, 3.8) is 0 Å². The summed E-state index contributed by atoms with van der Waals surface area (Å²) in [6.45, 7) is 1.69. The van der Waals surface area contributed by atoms with Crippen molar-refractivity contribution < 1.29 is 27.8 Å². The Morgan fingerprint density at radius 3 is 2.30 bits per heavy atom. The van der Waals surface area contributed by atoms with Gasteiger partial charge in [0.25, 0.3) is 0 Å². The van der Waals surface area contributed by atoms with Gasteiger partial charge in [-0.3, -0.25) is 0 Å². The van der Waals surface area contributed by atoms with Crippen LogP contribution in [0.3, 0.4) is 0 Å². The minimum atomic E-state index is -4.74. The molecule has 0 fully saturated rings. The van der Waals surface area contributed by atoms with Gasteiger partial charge in [-0.2, -0.15) is 0 Å². The number of para-hydroxylation sites is 1. The Morgan fingerprint density at radius 1 is 1.04 bits per heavy atom. The molecule has 0 aromatic heterocycles. The third kappa shape index (κ3) is 4.48. The van der Waals surface area contributed by atoms with Crippen molar-refractivity contribution in [1.82, 2.24) is 0 Å². The summed E-state index contributed by atoms with van der Waals surface area (Å²) >= 11 is 0. The number of ether oxygens (including phenoxy) is 1. The number of carbonyl (C=O) groups is 1. The fourth-order valence-electron chi connectivity index (χ4n) is 2.39. The van der Waals surface area contributed by atoms with Crippen molar-refractivity contribution in [2.45, 2.75) is 26.1 Å². The van der Waals surface area contributed by atoms with Gasteiger partial charge in [0.15, 0.2) is 0 Å². The minimum absolute atomic E-state index is 0.197. The minimum Gasteiger partial charge on any atom is -0.478 e. The van der Waals surface area contributed by atoms with Gasteiger partial charge in [-0.25, -0.2) is 4.79 Å². The summed E-state index contributed by atoms with van der Waals surface area (Å²) < 4.78 is 41.2. The number of alkyl halides is 3. The predicted octanol–water partition coefficient (Wildman–Crippen LogP) is 4.38. The number of carboxylic acid groups (broad SMARTS) is 1. The molecule has 2 aromatic carbocycles. The molecular formula is C17H15F3O3. The Balaban J connectivity index is 2.19. The summed E-state index contributed by atoms with van der Waals surface area (Å²) in [6.07, 6.45) is -4.00. The largest absolute Gasteiger partial charge is 0.573 e. The Hall–Kier alpha value is -2.50. The van der Waals surface area contributed by atoms with E-state index in [2.05, 4.69) is 4.74 Å². The van der Waals surface area contributed by atoms with Gasteiger partial charge < -0.3 is 9.84 Å². The highest BCUT2D eigenvalue weighted by Crippen LogP contribution is 2.27. The van der Waals surface area contributed by atoms with Crippen LogP contribution >= 0.6 is 0 Å². The maximum Gasteiger partial charge on any atom is 0.573 e. The average molecular weight is 324 g/mol. The van der Waals surface area contributed by atoms with Gasteiger partial charge in [-0.1, -0.05) is 30.3 Å². The fourth-order valence-corrected chi connectivity index (χ4v) is 2.39. The molecular weight excluding hydrogens is 309 g/mol. The van der Waals surface area contributed by atoms with E-state index in [-0.39, 0.29) is 11.3 Å². The third-order valence-electron chi connectivity index (χ3n) is 3.54. The predicted molar refractivity (Wildman–Crippen MR) is 78.7 cm³/mol. The molecule has 0 aliphatic rings. The van der Waals surface area contributed by atoms with E-state index >= 15 is 0 Å². The van der Waals surface area contributed by atoms with Crippen molar-refractivity contribution in [2.75, 3.05) is 0 Å². The zero-order valence-electron chi connectivity index (χ0n) is 12.4. The topological polar surface area (TPSA) is 46.5 Å². The molecule has 0 saturated carbocycles. The second-order valence-electron chi connectivity index (χ2n) is 5.05. The molecule has 0 aliphatic carbocycles. The molecule has 0 radical (unpaired) electrons. The van der Waals surface area contributed by atoms with Crippen molar-refractivity contribution in [1.29, 1.82) is 0 Å². The molecule has 23 heavy (non-hydrogen) atoms. The van der Waals surface area contributed by atoms with Gasteiger partial charge in [0.1, 0.15) is 5.75 Å². The maximum atomic E-state index is 12.4. The lowest BCUT2D eigenvalue weighted by molar-refractivity contribution is -0.274. The van der Waals surface area contributed by atoms with E-state index < -0.39 is 12.3 Å². The molecule has 2 rings (SSSR count). The van der Waals surface area contributed by atoms with Crippen LogP contribution in [0.1, 0.15) is 27.0 Å². The van der Waals surface area contributed by atoms with E-state index in [1.165, 1.54) is 18.2 Å². The molecule has 0 unspecified atom stereocenters. The van der Waals surface area contributed by atoms with E-state index in [1.54, 1.807) is 31.2 Å². The molecule has 0 bridgehead atoms. The van der Waals surface area contributed by atoms with E-state index in [0.29, 0.717) is 24.0 Å². The lowest BCUT2D eigenvalue weighted by Crippen LogP contribution is -2.18. The normalized spacial score (nSPS) is 11.3. The second-order valence-corrected chi connectivity index (χ2v) is 5.05. The molecule has 0 aliphatic heterocycles. The van der Waals surface area contributed by atoms with Crippen LogP contribution < -0.4 is 4.74 Å². The zero-order valence-corrected chi connectivity index (χ0v) is 12.4. The number of aromatic carboxylic acids is 1. The van der Waals surface area contributed by atoms with Crippen molar-refractivity contribution in [3.05, 3.63) is 64.7 Å². The highest BCUT2D eigenvalue weighted by Gasteiger charge is 2.31. The van der Waals surface area contributed by atoms with Crippen LogP contribution in [-0.4, -0.2) is 17.4 Å². The summed E-state index contributed by atoms with van der Waals surface area (Å²) in [5.41, 5.74) is 2.02. The summed E-state index contributed by atoms with van der Waals surface area (Å²) in [5, 5.41) is 9.10. The SMILES string of the molecule is Cc1c(CCc2ccccc2OC(F)(F)F)cccc1C(=O)O.